The van der Waals surface area contributed by atoms with E-state index in [1.807, 2.05) is 25.7 Å². The van der Waals surface area contributed by atoms with Gasteiger partial charge in [-0.25, -0.2) is 9.78 Å². The average molecular weight is 405 g/mol. The highest BCUT2D eigenvalue weighted by Gasteiger charge is 2.29. The molecular weight excluding hydrogens is 386 g/mol. The van der Waals surface area contributed by atoms with Crippen molar-refractivity contribution in [3.05, 3.63) is 21.4 Å². The molecule has 0 aromatic carbocycles. The molecule has 0 saturated carbocycles. The number of hydrogen-bond acceptors (Lipinski definition) is 5. The number of ether oxygens (including phenoxy) is 1. The number of carbonyl (C=O) groups excluding carboxylic acids is 2. The Hall–Kier alpha value is -1.34. The highest BCUT2D eigenvalue weighted by atomic mass is 79.9. The second kappa shape index (κ2) is 7.05. The van der Waals surface area contributed by atoms with E-state index in [9.17, 15) is 9.59 Å². The van der Waals surface area contributed by atoms with Gasteiger partial charge in [0.05, 0.1) is 21.8 Å². The molecule has 1 aliphatic heterocycles. The Balaban J connectivity index is 2.08. The number of aldehydes is 1. The lowest BCUT2D eigenvalue weighted by atomic mass is 10.2. The summed E-state index contributed by atoms with van der Waals surface area (Å²) >= 11 is 9.41. The fraction of sp³-hybridized carbons (Fsp3) is 0.533. The highest BCUT2D eigenvalue weighted by Crippen LogP contribution is 2.35. The molecule has 1 saturated heterocycles. The number of amides is 1. The summed E-state index contributed by atoms with van der Waals surface area (Å²) in [6, 6.07) is -0.0526. The second-order valence-corrected chi connectivity index (χ2v) is 7.51. The van der Waals surface area contributed by atoms with Gasteiger partial charge in [0, 0.05) is 19.3 Å². The monoisotopic (exact) mass is 403 g/mol. The first kappa shape index (κ1) is 18.0. The van der Waals surface area contributed by atoms with E-state index >= 15 is 0 Å². The zero-order valence-electron chi connectivity index (χ0n) is 13.2. The van der Waals surface area contributed by atoms with Gasteiger partial charge in [0.2, 0.25) is 0 Å². The molecule has 1 aromatic rings. The van der Waals surface area contributed by atoms with Crippen molar-refractivity contribution in [2.75, 3.05) is 18.0 Å². The average Bonchev–Trinajstić information content (AvgIpc) is 2.87. The van der Waals surface area contributed by atoms with Gasteiger partial charge in [0.15, 0.2) is 6.29 Å². The van der Waals surface area contributed by atoms with Gasteiger partial charge in [-0.2, -0.15) is 0 Å². The molecule has 1 aliphatic rings. The molecule has 8 heteroatoms. The Bertz CT molecular complexity index is 619. The minimum absolute atomic E-state index is 0.0526. The molecule has 0 aliphatic carbocycles. The van der Waals surface area contributed by atoms with Crippen molar-refractivity contribution < 1.29 is 14.3 Å². The van der Waals surface area contributed by atoms with Gasteiger partial charge in [0.25, 0.3) is 0 Å². The summed E-state index contributed by atoms with van der Waals surface area (Å²) in [5.74, 6) is 0. The summed E-state index contributed by atoms with van der Waals surface area (Å²) in [5, 5.41) is 3.15. The molecule has 0 spiro atoms. The van der Waals surface area contributed by atoms with Crippen LogP contribution in [0.1, 0.15) is 37.6 Å². The Morgan fingerprint density at radius 2 is 2.26 bits per heavy atom. The number of rotatable bonds is 3. The lowest BCUT2D eigenvalue weighted by Crippen LogP contribution is -2.40. The highest BCUT2D eigenvalue weighted by molar-refractivity contribution is 9.10. The van der Waals surface area contributed by atoms with Crippen LogP contribution in [0.4, 0.5) is 10.5 Å². The predicted molar refractivity (Wildman–Crippen MR) is 92.3 cm³/mol. The molecule has 6 nitrogen and oxygen atoms in total. The molecular formula is C15H19BrClN3O3. The topological polar surface area (TPSA) is 71.5 Å². The molecule has 23 heavy (non-hydrogen) atoms. The molecule has 1 atom stereocenters. The van der Waals surface area contributed by atoms with Gasteiger partial charge in [-0.05, 0) is 43.1 Å². The zero-order chi connectivity index (χ0) is 17.2. The maximum Gasteiger partial charge on any atom is 0.407 e. The maximum atomic E-state index is 11.9. The van der Waals surface area contributed by atoms with E-state index in [0.29, 0.717) is 34.0 Å². The van der Waals surface area contributed by atoms with Crippen LogP contribution in [0.15, 0.2) is 10.7 Å². The molecule has 1 unspecified atom stereocenters. The van der Waals surface area contributed by atoms with Gasteiger partial charge in [0.1, 0.15) is 10.8 Å². The third-order valence-electron chi connectivity index (χ3n) is 3.33. The number of anilines is 1. The first-order valence-electron chi connectivity index (χ1n) is 7.25. The Kier molecular flexibility index (Phi) is 5.52. The van der Waals surface area contributed by atoms with Crippen LogP contribution in [0.25, 0.3) is 0 Å². The zero-order valence-corrected chi connectivity index (χ0v) is 15.6. The van der Waals surface area contributed by atoms with Crippen LogP contribution in [0.3, 0.4) is 0 Å². The van der Waals surface area contributed by atoms with E-state index in [1.165, 1.54) is 6.20 Å². The molecule has 1 fully saturated rings. The van der Waals surface area contributed by atoms with Crippen molar-refractivity contribution in [3.63, 3.8) is 0 Å². The molecule has 2 rings (SSSR count). The summed E-state index contributed by atoms with van der Waals surface area (Å²) in [7, 11) is 0. The first-order valence-corrected chi connectivity index (χ1v) is 8.42. The summed E-state index contributed by atoms with van der Waals surface area (Å²) in [5.41, 5.74) is 0.627. The molecule has 126 valence electrons. The van der Waals surface area contributed by atoms with E-state index in [1.54, 1.807) is 0 Å². The number of nitrogens with one attached hydrogen (secondary N) is 1. The fourth-order valence-electron chi connectivity index (χ4n) is 2.43. The van der Waals surface area contributed by atoms with E-state index in [2.05, 4.69) is 26.2 Å². The van der Waals surface area contributed by atoms with E-state index < -0.39 is 11.7 Å². The van der Waals surface area contributed by atoms with Crippen molar-refractivity contribution >= 4 is 45.6 Å². The number of aromatic nitrogens is 1. The van der Waals surface area contributed by atoms with Gasteiger partial charge in [-0.1, -0.05) is 11.6 Å². The fourth-order valence-corrected chi connectivity index (χ4v) is 3.15. The standard InChI is InChI=1S/C15H19BrClN3O3/c1-15(2,3)23-14(22)19-10-4-5-20(7-10)12-9(8-21)6-18-13(17)11(12)16/h6,8,10H,4-5,7H2,1-3H3,(H,19,22). The largest absolute Gasteiger partial charge is 0.444 e. The van der Waals surface area contributed by atoms with Crippen molar-refractivity contribution in [1.82, 2.24) is 10.3 Å². The van der Waals surface area contributed by atoms with Crippen molar-refractivity contribution in [2.45, 2.75) is 38.8 Å². The van der Waals surface area contributed by atoms with Crippen LogP contribution in [0.2, 0.25) is 5.15 Å². The second-order valence-electron chi connectivity index (χ2n) is 6.36. The molecule has 0 bridgehead atoms. The number of halogens is 2. The molecule has 2 heterocycles. The van der Waals surface area contributed by atoms with Gasteiger partial charge < -0.3 is 15.0 Å². The van der Waals surface area contributed by atoms with Crippen LogP contribution < -0.4 is 10.2 Å². The molecule has 1 aromatic heterocycles. The maximum absolute atomic E-state index is 11.9. The Morgan fingerprint density at radius 3 is 2.87 bits per heavy atom. The van der Waals surface area contributed by atoms with Crippen LogP contribution in [0.5, 0.6) is 0 Å². The van der Waals surface area contributed by atoms with Gasteiger partial charge in [-0.15, -0.1) is 0 Å². The molecule has 1 amide bonds. The number of alkyl carbamates (subject to hydrolysis) is 1. The van der Waals surface area contributed by atoms with Crippen molar-refractivity contribution in [3.8, 4) is 0 Å². The van der Waals surface area contributed by atoms with E-state index in [-0.39, 0.29) is 6.04 Å². The van der Waals surface area contributed by atoms with E-state index in [4.69, 9.17) is 16.3 Å². The first-order chi connectivity index (χ1) is 10.7. The van der Waals surface area contributed by atoms with Crippen LogP contribution in [-0.2, 0) is 4.74 Å². The molecule has 0 radical (unpaired) electrons. The minimum Gasteiger partial charge on any atom is -0.444 e. The lowest BCUT2D eigenvalue weighted by Gasteiger charge is -2.23. The van der Waals surface area contributed by atoms with Gasteiger partial charge in [-0.3, -0.25) is 4.79 Å². The summed E-state index contributed by atoms with van der Waals surface area (Å²) in [4.78, 5) is 29.1. The number of hydrogen-bond donors (Lipinski definition) is 1. The summed E-state index contributed by atoms with van der Waals surface area (Å²) in [6.45, 7) is 6.72. The third kappa shape index (κ3) is 4.57. The van der Waals surface area contributed by atoms with Crippen molar-refractivity contribution in [1.29, 1.82) is 0 Å². The van der Waals surface area contributed by atoms with Crippen LogP contribution >= 0.6 is 27.5 Å². The van der Waals surface area contributed by atoms with Crippen LogP contribution in [0, 0.1) is 0 Å². The number of nitrogens with zero attached hydrogens (tertiary/aromatic N) is 2. The lowest BCUT2D eigenvalue weighted by molar-refractivity contribution is 0.0509. The molecule has 1 N–H and O–H groups in total. The summed E-state index contributed by atoms with van der Waals surface area (Å²) in [6.07, 6.45) is 2.51. The van der Waals surface area contributed by atoms with Gasteiger partial charge >= 0.3 is 6.09 Å². The smallest absolute Gasteiger partial charge is 0.407 e. The predicted octanol–water partition coefficient (Wildman–Crippen LogP) is 3.41. The number of carbonyl (C=O) groups is 2. The summed E-state index contributed by atoms with van der Waals surface area (Å²) < 4.78 is 5.85. The van der Waals surface area contributed by atoms with E-state index in [0.717, 1.165) is 12.7 Å². The van der Waals surface area contributed by atoms with Crippen molar-refractivity contribution in [2.24, 2.45) is 0 Å². The number of pyridine rings is 1. The third-order valence-corrected chi connectivity index (χ3v) is 4.60. The minimum atomic E-state index is -0.533. The van der Waals surface area contributed by atoms with Crippen LogP contribution in [-0.4, -0.2) is 42.1 Å². The normalized spacial score (nSPS) is 18.0. The quantitative estimate of drug-likeness (QED) is 0.617. The SMILES string of the molecule is CC(C)(C)OC(=O)NC1CCN(c2c(C=O)cnc(Cl)c2Br)C1. The Morgan fingerprint density at radius 1 is 1.57 bits per heavy atom. The Labute approximate surface area is 148 Å².